The summed E-state index contributed by atoms with van der Waals surface area (Å²) in [6, 6.07) is 0. The number of nitrogens with zero attached hydrogens (tertiary/aromatic N) is 1. The number of rotatable bonds is 1. The molecule has 0 amide bonds. The fourth-order valence-corrected chi connectivity index (χ4v) is 0. The third kappa shape index (κ3) is 4.47. The van der Waals surface area contributed by atoms with Crippen molar-refractivity contribution in [3.63, 3.8) is 0 Å². The SMILES string of the molecule is O=[N+]([O-])S(=O)(=O)O.[Na]. The van der Waals surface area contributed by atoms with Gasteiger partial charge in [0.1, 0.15) is 0 Å². The summed E-state index contributed by atoms with van der Waals surface area (Å²) >= 11 is 0. The van der Waals surface area contributed by atoms with Crippen molar-refractivity contribution in [3.05, 3.63) is 10.1 Å². The molecule has 0 aliphatic heterocycles. The van der Waals surface area contributed by atoms with Crippen LogP contribution in [0.4, 0.5) is 0 Å². The molecule has 43 valence electrons. The van der Waals surface area contributed by atoms with E-state index < -0.39 is 14.6 Å². The van der Waals surface area contributed by atoms with Gasteiger partial charge in [0, 0.05) is 29.6 Å². The molecule has 0 atom stereocenters. The molecule has 0 saturated carbocycles. The van der Waals surface area contributed by atoms with Gasteiger partial charge in [0.05, 0.1) is 0 Å². The predicted octanol–water partition coefficient (Wildman–Crippen LogP) is -1.31. The van der Waals surface area contributed by atoms with Crippen molar-refractivity contribution in [2.45, 2.75) is 0 Å². The minimum Gasteiger partial charge on any atom is -0.245 e. The average Bonchev–Trinajstić information content (AvgIpc) is 1.31. The Kier molecular flexibility index (Phi) is 4.68. The van der Waals surface area contributed by atoms with Gasteiger partial charge in [-0.05, 0) is 0 Å². The van der Waals surface area contributed by atoms with E-state index in [2.05, 4.69) is 0 Å². The predicted molar refractivity (Wildman–Crippen MR) is 24.3 cm³/mol. The van der Waals surface area contributed by atoms with Gasteiger partial charge < -0.3 is 0 Å². The Morgan fingerprint density at radius 1 is 1.50 bits per heavy atom. The first kappa shape index (κ1) is 11.2. The number of hydrogen-bond acceptors (Lipinski definition) is 4. The van der Waals surface area contributed by atoms with Gasteiger partial charge in [-0.1, -0.05) is 0 Å². The fraction of sp³-hybridized carbons (Fsp3) is 0. The van der Waals surface area contributed by atoms with E-state index in [1.54, 1.807) is 0 Å². The Morgan fingerprint density at radius 2 is 1.62 bits per heavy atom. The van der Waals surface area contributed by atoms with Crippen LogP contribution in [0.25, 0.3) is 0 Å². The molecule has 0 fully saturated rings. The summed E-state index contributed by atoms with van der Waals surface area (Å²) < 4.78 is 24.0. The second kappa shape index (κ2) is 3.36. The van der Waals surface area contributed by atoms with Crippen molar-refractivity contribution >= 4 is 39.9 Å². The summed E-state index contributed by atoms with van der Waals surface area (Å²) in [6.45, 7) is 0. The van der Waals surface area contributed by atoms with Crippen LogP contribution in [0.1, 0.15) is 0 Å². The molecule has 0 spiro atoms. The van der Waals surface area contributed by atoms with Gasteiger partial charge in [-0.2, -0.15) is 0 Å². The van der Waals surface area contributed by atoms with Gasteiger partial charge >= 0.3 is 10.3 Å². The standard InChI is InChI=1S/HNO5S.Na/c2-1(3)7(4,5)6;/h(H,4,5,6);. The Labute approximate surface area is 67.2 Å². The molecule has 0 aliphatic carbocycles. The molecule has 0 saturated heterocycles. The number of nitro groups is 1. The summed E-state index contributed by atoms with van der Waals surface area (Å²) in [5.74, 6) is 0. The molecule has 0 bridgehead atoms. The maximum Gasteiger partial charge on any atom is 0.563 e. The van der Waals surface area contributed by atoms with E-state index >= 15 is 0 Å². The van der Waals surface area contributed by atoms with Crippen LogP contribution in [0, 0.1) is 10.1 Å². The molecule has 0 aromatic heterocycles. The first-order chi connectivity index (χ1) is 2.94. The van der Waals surface area contributed by atoms with Crippen LogP contribution in [0.15, 0.2) is 0 Å². The van der Waals surface area contributed by atoms with E-state index in [0.29, 0.717) is 0 Å². The van der Waals surface area contributed by atoms with Crippen molar-refractivity contribution in [3.8, 4) is 0 Å². The Hall–Kier alpha value is 0.310. The van der Waals surface area contributed by atoms with Crippen LogP contribution in [-0.4, -0.2) is 46.9 Å². The second-order valence-electron chi connectivity index (χ2n) is 0.671. The summed E-state index contributed by atoms with van der Waals surface area (Å²) in [5.41, 5.74) is 0. The first-order valence-electron chi connectivity index (χ1n) is 1.06. The third-order valence-electron chi connectivity index (χ3n) is 0.188. The Bertz CT molecular complexity index is 167. The Morgan fingerprint density at radius 3 is 1.62 bits per heavy atom. The van der Waals surface area contributed by atoms with Crippen LogP contribution in [0.5, 0.6) is 0 Å². The fourth-order valence-electron chi connectivity index (χ4n) is 0. The normalized spacial score (nSPS) is 9.62. The minimum atomic E-state index is -5.02. The quantitative estimate of drug-likeness (QED) is 0.216. The molecule has 1 N–H and O–H groups in total. The van der Waals surface area contributed by atoms with Crippen molar-refractivity contribution in [2.75, 3.05) is 0 Å². The van der Waals surface area contributed by atoms with Gasteiger partial charge in [-0.25, -0.2) is 14.7 Å². The summed E-state index contributed by atoms with van der Waals surface area (Å²) in [6.07, 6.45) is 0. The van der Waals surface area contributed by atoms with Gasteiger partial charge in [0.15, 0.2) is 4.33 Å². The van der Waals surface area contributed by atoms with Crippen molar-refractivity contribution in [2.24, 2.45) is 0 Å². The maximum atomic E-state index is 9.19. The molecule has 0 aliphatic rings. The topological polar surface area (TPSA) is 97.5 Å². The van der Waals surface area contributed by atoms with Gasteiger partial charge in [0.2, 0.25) is 0 Å². The molecule has 0 unspecified atom stereocenters. The van der Waals surface area contributed by atoms with Crippen LogP contribution in [-0.2, 0) is 10.3 Å². The van der Waals surface area contributed by atoms with Crippen LogP contribution in [0.3, 0.4) is 0 Å². The molecule has 0 aromatic carbocycles. The maximum absolute atomic E-state index is 9.19. The molecule has 8 heavy (non-hydrogen) atoms. The smallest absolute Gasteiger partial charge is 0.245 e. The third-order valence-corrected chi connectivity index (χ3v) is 0.565. The first-order valence-corrected chi connectivity index (χ1v) is 2.46. The van der Waals surface area contributed by atoms with Crippen molar-refractivity contribution in [1.82, 2.24) is 0 Å². The largest absolute Gasteiger partial charge is 0.563 e. The van der Waals surface area contributed by atoms with E-state index in [9.17, 15) is 8.42 Å². The van der Waals surface area contributed by atoms with E-state index in [-0.39, 0.29) is 29.6 Å². The van der Waals surface area contributed by atoms with Crippen LogP contribution < -0.4 is 0 Å². The second-order valence-corrected chi connectivity index (χ2v) is 1.87. The van der Waals surface area contributed by atoms with Crippen molar-refractivity contribution in [1.29, 1.82) is 0 Å². The van der Waals surface area contributed by atoms with Gasteiger partial charge in [-0.3, -0.25) is 0 Å². The van der Waals surface area contributed by atoms with E-state index in [1.165, 1.54) is 0 Å². The van der Waals surface area contributed by atoms with Crippen LogP contribution >= 0.6 is 0 Å². The zero-order chi connectivity index (χ0) is 6.08. The van der Waals surface area contributed by atoms with Gasteiger partial charge in [-0.15, -0.1) is 8.42 Å². The van der Waals surface area contributed by atoms with E-state index in [4.69, 9.17) is 14.7 Å². The number of hydrogen-bond donors (Lipinski definition) is 1. The zero-order valence-electron chi connectivity index (χ0n) is 3.94. The van der Waals surface area contributed by atoms with E-state index in [1.807, 2.05) is 0 Å². The minimum absolute atomic E-state index is 0. The molecular weight excluding hydrogens is 149 g/mol. The van der Waals surface area contributed by atoms with Crippen LogP contribution in [0.2, 0.25) is 0 Å². The molecule has 1 radical (unpaired) electrons. The molecule has 0 aromatic rings. The van der Waals surface area contributed by atoms with Crippen molar-refractivity contribution < 1.29 is 17.3 Å². The molecular formula is HNNaO5S. The average molecular weight is 150 g/mol. The molecule has 0 heterocycles. The molecule has 8 heteroatoms. The van der Waals surface area contributed by atoms with E-state index in [0.717, 1.165) is 0 Å². The summed E-state index contributed by atoms with van der Waals surface area (Å²) in [7, 11) is -5.02. The zero-order valence-corrected chi connectivity index (χ0v) is 6.75. The van der Waals surface area contributed by atoms with Gasteiger partial charge in [0.25, 0.3) is 0 Å². The molecule has 6 nitrogen and oxygen atoms in total. The molecule has 0 rings (SSSR count). The summed E-state index contributed by atoms with van der Waals surface area (Å²) in [5, 5.41) is 8.99. The monoisotopic (exact) mass is 150 g/mol. The Balaban J connectivity index is 0. The summed E-state index contributed by atoms with van der Waals surface area (Å²) in [4.78, 5) is 8.99.